The first-order chi connectivity index (χ1) is 14.3. The van der Waals surface area contributed by atoms with Crippen molar-refractivity contribution in [3.8, 4) is 5.75 Å². The molecule has 3 aromatic rings. The lowest BCUT2D eigenvalue weighted by Gasteiger charge is -2.32. The molecule has 1 aliphatic rings. The van der Waals surface area contributed by atoms with E-state index in [1.165, 1.54) is 21.7 Å². The number of fused-ring (bicyclic) bond motifs is 1. The smallest absolute Gasteiger partial charge is 0.406 e. The van der Waals surface area contributed by atoms with E-state index in [0.29, 0.717) is 28.8 Å². The lowest BCUT2D eigenvalue weighted by atomic mass is 10.1. The molecule has 0 spiro atoms. The van der Waals surface area contributed by atoms with Crippen LogP contribution in [0.3, 0.4) is 0 Å². The minimum atomic E-state index is -4.27. The van der Waals surface area contributed by atoms with Crippen LogP contribution in [0.5, 0.6) is 5.75 Å². The number of aryl methyl sites for hydroxylation is 1. The Bertz CT molecular complexity index is 1080. The summed E-state index contributed by atoms with van der Waals surface area (Å²) < 4.78 is 47.2. The van der Waals surface area contributed by atoms with E-state index in [9.17, 15) is 18.0 Å². The van der Waals surface area contributed by atoms with Gasteiger partial charge in [0.25, 0.3) is 5.56 Å². The van der Waals surface area contributed by atoms with E-state index < -0.39 is 12.7 Å². The highest BCUT2D eigenvalue weighted by Crippen LogP contribution is 2.31. The monoisotopic (exact) mass is 420 g/mol. The summed E-state index contributed by atoms with van der Waals surface area (Å²) in [6.45, 7) is 1.07. The molecular formula is C21H23F3N4O2. The van der Waals surface area contributed by atoms with Crippen LogP contribution in [0.4, 0.5) is 13.2 Å². The summed E-state index contributed by atoms with van der Waals surface area (Å²) >= 11 is 0. The number of aromatic nitrogens is 3. The lowest BCUT2D eigenvalue weighted by Crippen LogP contribution is -2.39. The van der Waals surface area contributed by atoms with Gasteiger partial charge in [-0.3, -0.25) is 9.69 Å². The Kier molecular flexibility index (Phi) is 5.55. The number of halogens is 3. The van der Waals surface area contributed by atoms with Crippen molar-refractivity contribution >= 4 is 10.9 Å². The van der Waals surface area contributed by atoms with Crippen molar-refractivity contribution in [1.29, 1.82) is 0 Å². The van der Waals surface area contributed by atoms with Crippen molar-refractivity contribution in [2.24, 2.45) is 7.05 Å². The second-order valence-corrected chi connectivity index (χ2v) is 7.68. The fourth-order valence-corrected chi connectivity index (χ4v) is 3.90. The minimum absolute atomic E-state index is 0.0189. The van der Waals surface area contributed by atoms with Gasteiger partial charge in [-0.25, -0.2) is 4.98 Å². The molecule has 0 bridgehead atoms. The number of hydrogen-bond donors (Lipinski definition) is 0. The van der Waals surface area contributed by atoms with E-state index in [0.717, 1.165) is 25.9 Å². The van der Waals surface area contributed by atoms with Crippen LogP contribution < -0.4 is 10.3 Å². The quantitative estimate of drug-likeness (QED) is 0.635. The van der Waals surface area contributed by atoms with Crippen molar-refractivity contribution in [3.05, 3.63) is 58.9 Å². The second-order valence-electron chi connectivity index (χ2n) is 7.68. The summed E-state index contributed by atoms with van der Waals surface area (Å²) in [6, 6.07) is 6.86. The molecule has 1 aliphatic heterocycles. The molecule has 3 heterocycles. The SMILES string of the molecule is Cn1cncc(CN2CCC(Oc3cccc4c3ccn4CC(F)(F)F)CC2)c1=O. The van der Waals surface area contributed by atoms with E-state index in [1.54, 1.807) is 37.5 Å². The molecule has 6 nitrogen and oxygen atoms in total. The Balaban J connectivity index is 1.40. The van der Waals surface area contributed by atoms with Crippen LogP contribution in [-0.4, -0.2) is 44.4 Å². The third-order valence-electron chi connectivity index (χ3n) is 5.41. The van der Waals surface area contributed by atoms with E-state index in [4.69, 9.17) is 4.74 Å². The van der Waals surface area contributed by atoms with Gasteiger partial charge in [-0.05, 0) is 31.0 Å². The predicted molar refractivity (Wildman–Crippen MR) is 106 cm³/mol. The van der Waals surface area contributed by atoms with Crippen molar-refractivity contribution < 1.29 is 17.9 Å². The van der Waals surface area contributed by atoms with Crippen LogP contribution in [0, 0.1) is 0 Å². The van der Waals surface area contributed by atoms with E-state index in [2.05, 4.69) is 9.88 Å². The number of rotatable bonds is 5. The summed E-state index contributed by atoms with van der Waals surface area (Å²) in [5.74, 6) is 0.605. The van der Waals surface area contributed by atoms with Crippen molar-refractivity contribution in [2.45, 2.75) is 38.2 Å². The largest absolute Gasteiger partial charge is 0.490 e. The zero-order chi connectivity index (χ0) is 21.3. The molecule has 1 fully saturated rings. The van der Waals surface area contributed by atoms with Crippen LogP contribution in [0.2, 0.25) is 0 Å². The molecule has 0 unspecified atom stereocenters. The molecule has 0 aliphatic carbocycles. The maximum atomic E-state index is 12.8. The summed E-state index contributed by atoms with van der Waals surface area (Å²) in [5.41, 5.74) is 1.13. The highest BCUT2D eigenvalue weighted by atomic mass is 19.4. The lowest BCUT2D eigenvalue weighted by molar-refractivity contribution is -0.139. The summed E-state index contributed by atoms with van der Waals surface area (Å²) in [4.78, 5) is 18.4. The maximum absolute atomic E-state index is 12.8. The fourth-order valence-electron chi connectivity index (χ4n) is 3.90. The summed E-state index contributed by atoms with van der Waals surface area (Å²) in [5, 5.41) is 0.683. The zero-order valence-electron chi connectivity index (χ0n) is 16.6. The van der Waals surface area contributed by atoms with Gasteiger partial charge in [0.15, 0.2) is 0 Å². The summed E-state index contributed by atoms with van der Waals surface area (Å²) in [7, 11) is 1.68. The van der Waals surface area contributed by atoms with Crippen LogP contribution in [0.15, 0.2) is 47.8 Å². The van der Waals surface area contributed by atoms with Gasteiger partial charge in [0.1, 0.15) is 18.4 Å². The highest BCUT2D eigenvalue weighted by molar-refractivity contribution is 5.86. The molecule has 0 saturated carbocycles. The normalized spacial score (nSPS) is 16.3. The van der Waals surface area contributed by atoms with E-state index in [1.807, 2.05) is 0 Å². The number of nitrogens with zero attached hydrogens (tertiary/aromatic N) is 4. The van der Waals surface area contributed by atoms with E-state index >= 15 is 0 Å². The van der Waals surface area contributed by atoms with Crippen LogP contribution in [0.1, 0.15) is 18.4 Å². The minimum Gasteiger partial charge on any atom is -0.490 e. The zero-order valence-corrected chi connectivity index (χ0v) is 16.6. The number of hydrogen-bond acceptors (Lipinski definition) is 4. The average Bonchev–Trinajstić information content (AvgIpc) is 3.09. The van der Waals surface area contributed by atoms with Gasteiger partial charge in [-0.1, -0.05) is 6.07 Å². The Hall–Kier alpha value is -2.81. The van der Waals surface area contributed by atoms with Crippen LogP contribution in [0.25, 0.3) is 10.9 Å². The number of likely N-dealkylation sites (tertiary alicyclic amines) is 1. The maximum Gasteiger partial charge on any atom is 0.406 e. The second kappa shape index (κ2) is 8.14. The van der Waals surface area contributed by atoms with E-state index in [-0.39, 0.29) is 11.7 Å². The van der Waals surface area contributed by atoms with Gasteiger partial charge in [0.2, 0.25) is 0 Å². The Morgan fingerprint density at radius 3 is 2.70 bits per heavy atom. The Morgan fingerprint density at radius 2 is 1.97 bits per heavy atom. The molecule has 9 heteroatoms. The molecule has 0 radical (unpaired) electrons. The molecule has 1 aromatic carbocycles. The molecule has 1 saturated heterocycles. The third-order valence-corrected chi connectivity index (χ3v) is 5.41. The third kappa shape index (κ3) is 4.51. The van der Waals surface area contributed by atoms with Gasteiger partial charge in [0, 0.05) is 50.0 Å². The van der Waals surface area contributed by atoms with Gasteiger partial charge in [0.05, 0.1) is 11.8 Å². The van der Waals surface area contributed by atoms with Gasteiger partial charge in [-0.15, -0.1) is 0 Å². The number of benzene rings is 1. The van der Waals surface area contributed by atoms with Crippen molar-refractivity contribution in [1.82, 2.24) is 19.0 Å². The molecule has 0 atom stereocenters. The first-order valence-corrected chi connectivity index (χ1v) is 9.83. The fraction of sp³-hybridized carbons (Fsp3) is 0.429. The van der Waals surface area contributed by atoms with Gasteiger partial charge in [-0.2, -0.15) is 13.2 Å². The van der Waals surface area contributed by atoms with Crippen LogP contribution in [-0.2, 0) is 20.1 Å². The first kappa shape index (κ1) is 20.5. The molecule has 30 heavy (non-hydrogen) atoms. The van der Waals surface area contributed by atoms with Crippen LogP contribution >= 0.6 is 0 Å². The summed E-state index contributed by atoms with van der Waals surface area (Å²) in [6.07, 6.45) is 1.81. The predicted octanol–water partition coefficient (Wildman–Crippen LogP) is 3.34. The Labute approximate surface area is 171 Å². The standard InChI is InChI=1S/C21H23F3N4O2/c1-26-14-25-11-15(20(26)29)12-27-8-5-16(6-9-27)30-19-4-2-3-18-17(19)7-10-28(18)13-21(22,23)24/h2-4,7,10-11,14,16H,5-6,8-9,12-13H2,1H3. The number of ether oxygens (including phenoxy) is 1. The highest BCUT2D eigenvalue weighted by Gasteiger charge is 2.29. The van der Waals surface area contributed by atoms with Crippen molar-refractivity contribution in [2.75, 3.05) is 13.1 Å². The van der Waals surface area contributed by atoms with Gasteiger partial charge < -0.3 is 13.9 Å². The average molecular weight is 420 g/mol. The number of piperidine rings is 1. The molecular weight excluding hydrogens is 397 g/mol. The molecule has 4 rings (SSSR count). The first-order valence-electron chi connectivity index (χ1n) is 9.83. The number of alkyl halides is 3. The molecule has 0 amide bonds. The van der Waals surface area contributed by atoms with Gasteiger partial charge >= 0.3 is 6.18 Å². The molecule has 2 aromatic heterocycles. The van der Waals surface area contributed by atoms with Crippen molar-refractivity contribution in [3.63, 3.8) is 0 Å². The Morgan fingerprint density at radius 1 is 1.20 bits per heavy atom. The topological polar surface area (TPSA) is 52.3 Å². The molecule has 0 N–H and O–H groups in total. The molecule has 160 valence electrons.